The Bertz CT molecular complexity index is 1130. The molecule has 28 heavy (non-hydrogen) atoms. The van der Waals surface area contributed by atoms with Crippen LogP contribution >= 0.6 is 11.3 Å². The second-order valence-electron chi connectivity index (χ2n) is 5.92. The molecular formula is C20H21N5O2S. The molecule has 0 bridgehead atoms. The number of benzene rings is 1. The number of rotatable bonds is 6. The Morgan fingerprint density at radius 1 is 1.50 bits per heavy atom. The lowest BCUT2D eigenvalue weighted by Crippen LogP contribution is -2.35. The Balaban J connectivity index is 2.50. The van der Waals surface area contributed by atoms with Gasteiger partial charge >= 0.3 is 0 Å². The Kier molecular flexibility index (Phi) is 7.02. The van der Waals surface area contributed by atoms with Crippen LogP contribution in [0.5, 0.6) is 0 Å². The van der Waals surface area contributed by atoms with Gasteiger partial charge in [-0.3, -0.25) is 14.2 Å². The molecule has 8 heteroatoms. The van der Waals surface area contributed by atoms with Gasteiger partial charge in [0.1, 0.15) is 10.7 Å². The first-order valence-electron chi connectivity index (χ1n) is 8.60. The molecule has 0 aliphatic rings. The first-order valence-corrected chi connectivity index (χ1v) is 9.42. The summed E-state index contributed by atoms with van der Waals surface area (Å²) >= 11 is 1.11. The Morgan fingerprint density at radius 3 is 2.86 bits per heavy atom. The van der Waals surface area contributed by atoms with Crippen LogP contribution in [0, 0.1) is 23.7 Å². The van der Waals surface area contributed by atoms with Gasteiger partial charge in [-0.1, -0.05) is 12.0 Å². The monoisotopic (exact) mass is 395 g/mol. The number of terminal acetylenes is 1. The number of carbonyl (C=O) groups excluding carboxylic acids is 1. The predicted molar refractivity (Wildman–Crippen MR) is 113 cm³/mol. The first-order chi connectivity index (χ1) is 13.4. The number of nitrogens with two attached hydrogens (primary N) is 1. The van der Waals surface area contributed by atoms with E-state index in [9.17, 15) is 14.9 Å². The summed E-state index contributed by atoms with van der Waals surface area (Å²) in [5, 5.41) is 15.1. The standard InChI is InChI=1S/C20H21N5O2S/c1-4-9-23-18(26)16(12-21)20-25(5-2)19(27)17(28-20)10-13(3)24-15-8-6-7-14(22)11-15/h1,6-8,10-11,13,24H,5,9,22H2,2-3H3,(H,23,26)/b17-10?,20-16-. The van der Waals surface area contributed by atoms with Crippen molar-refractivity contribution in [2.45, 2.75) is 26.4 Å². The molecule has 2 rings (SSSR count). The van der Waals surface area contributed by atoms with E-state index in [2.05, 4.69) is 16.6 Å². The van der Waals surface area contributed by atoms with Gasteiger partial charge in [0.25, 0.3) is 11.5 Å². The molecule has 1 aromatic carbocycles. The highest BCUT2D eigenvalue weighted by Gasteiger charge is 2.15. The van der Waals surface area contributed by atoms with E-state index >= 15 is 0 Å². The number of carbonyl (C=O) groups is 1. The molecule has 1 heterocycles. The Labute approximate surface area is 166 Å². The minimum Gasteiger partial charge on any atom is -0.399 e. The van der Waals surface area contributed by atoms with E-state index in [1.807, 2.05) is 25.1 Å². The normalized spacial score (nSPS) is 13.2. The number of hydrogen-bond donors (Lipinski definition) is 3. The van der Waals surface area contributed by atoms with E-state index in [0.29, 0.717) is 21.4 Å². The molecule has 0 saturated heterocycles. The number of nitrogens with zero attached hydrogens (tertiary/aromatic N) is 2. The maximum Gasteiger partial charge on any atom is 0.268 e. The van der Waals surface area contributed by atoms with Gasteiger partial charge < -0.3 is 16.4 Å². The average Bonchev–Trinajstić information content (AvgIpc) is 2.95. The van der Waals surface area contributed by atoms with Crippen LogP contribution in [-0.2, 0) is 11.3 Å². The first kappa shape index (κ1) is 20.8. The van der Waals surface area contributed by atoms with Crippen molar-refractivity contribution in [1.82, 2.24) is 9.88 Å². The van der Waals surface area contributed by atoms with E-state index in [0.717, 1.165) is 17.0 Å². The summed E-state index contributed by atoms with van der Waals surface area (Å²) in [6, 6.07) is 9.01. The van der Waals surface area contributed by atoms with Crippen LogP contribution in [0.2, 0.25) is 0 Å². The highest BCUT2D eigenvalue weighted by molar-refractivity contribution is 7.07. The van der Waals surface area contributed by atoms with Crippen molar-refractivity contribution in [3.8, 4) is 18.4 Å². The van der Waals surface area contributed by atoms with Gasteiger partial charge in [-0.2, -0.15) is 5.26 Å². The van der Waals surface area contributed by atoms with Gasteiger partial charge in [0.2, 0.25) is 0 Å². The van der Waals surface area contributed by atoms with Crippen LogP contribution in [0.25, 0.3) is 11.6 Å². The zero-order chi connectivity index (χ0) is 20.7. The lowest BCUT2D eigenvalue weighted by Gasteiger charge is -2.11. The second kappa shape index (κ2) is 9.45. The summed E-state index contributed by atoms with van der Waals surface area (Å²) in [5.74, 6) is 1.69. The number of nitrogen functional groups attached to an aromatic ring is 1. The molecule has 0 saturated carbocycles. The number of anilines is 2. The average molecular weight is 395 g/mol. The van der Waals surface area contributed by atoms with Crippen LogP contribution in [0.3, 0.4) is 0 Å². The van der Waals surface area contributed by atoms with Crippen LogP contribution in [-0.4, -0.2) is 23.1 Å². The second-order valence-corrected chi connectivity index (χ2v) is 6.95. The largest absolute Gasteiger partial charge is 0.399 e. The Morgan fingerprint density at radius 2 is 2.25 bits per heavy atom. The molecule has 1 amide bonds. The molecule has 144 valence electrons. The minimum atomic E-state index is -0.596. The van der Waals surface area contributed by atoms with E-state index in [1.54, 1.807) is 25.1 Å². The summed E-state index contributed by atoms with van der Waals surface area (Å²) in [4.78, 5) is 24.9. The number of aromatic nitrogens is 1. The molecule has 0 aliphatic heterocycles. The predicted octanol–water partition coefficient (Wildman–Crippen LogP) is 0.217. The van der Waals surface area contributed by atoms with Gasteiger partial charge in [-0.25, -0.2) is 0 Å². The van der Waals surface area contributed by atoms with Crippen molar-refractivity contribution in [3.05, 3.63) is 43.8 Å². The molecule has 0 radical (unpaired) electrons. The maximum absolute atomic E-state index is 12.7. The SMILES string of the molecule is C#CCNC(=O)/C(C#N)=c1\sc(=CC(C)Nc2cccc(N)c2)c(=O)n1CC. The van der Waals surface area contributed by atoms with Crippen molar-refractivity contribution in [3.63, 3.8) is 0 Å². The van der Waals surface area contributed by atoms with E-state index in [4.69, 9.17) is 12.2 Å². The molecule has 0 spiro atoms. The topological polar surface area (TPSA) is 113 Å². The van der Waals surface area contributed by atoms with Crippen molar-refractivity contribution >= 4 is 40.3 Å². The van der Waals surface area contributed by atoms with Gasteiger partial charge in [0.05, 0.1) is 11.1 Å². The van der Waals surface area contributed by atoms with Crippen LogP contribution in [0.4, 0.5) is 11.4 Å². The van der Waals surface area contributed by atoms with E-state index in [1.165, 1.54) is 4.57 Å². The van der Waals surface area contributed by atoms with Crippen molar-refractivity contribution < 1.29 is 4.79 Å². The number of amides is 1. The smallest absolute Gasteiger partial charge is 0.268 e. The molecule has 1 aromatic heterocycles. The fourth-order valence-electron chi connectivity index (χ4n) is 2.58. The summed E-state index contributed by atoms with van der Waals surface area (Å²) < 4.78 is 2.17. The molecule has 0 aliphatic carbocycles. The number of nitrogens with one attached hydrogen (secondary N) is 2. The third kappa shape index (κ3) is 4.81. The summed E-state index contributed by atoms with van der Waals surface area (Å²) in [6.07, 6.45) is 6.90. The highest BCUT2D eigenvalue weighted by Crippen LogP contribution is 2.13. The Hall–Kier alpha value is -3.49. The van der Waals surface area contributed by atoms with Crippen molar-refractivity contribution in [2.75, 3.05) is 17.6 Å². The lowest BCUT2D eigenvalue weighted by molar-refractivity contribution is -0.115. The van der Waals surface area contributed by atoms with E-state index < -0.39 is 5.91 Å². The molecule has 1 unspecified atom stereocenters. The minimum absolute atomic E-state index is 0.00584. The van der Waals surface area contributed by atoms with E-state index in [-0.39, 0.29) is 23.7 Å². The van der Waals surface area contributed by atoms with Crippen LogP contribution in [0.15, 0.2) is 29.1 Å². The molecule has 2 aromatic rings. The zero-order valence-electron chi connectivity index (χ0n) is 15.7. The quantitative estimate of drug-likeness (QED) is 0.478. The summed E-state index contributed by atoms with van der Waals surface area (Å²) in [6.45, 7) is 4.02. The lowest BCUT2D eigenvalue weighted by atomic mass is 10.2. The fourth-order valence-corrected chi connectivity index (χ4v) is 3.82. The van der Waals surface area contributed by atoms with Gasteiger partial charge in [0.15, 0.2) is 5.57 Å². The van der Waals surface area contributed by atoms with Crippen molar-refractivity contribution in [2.24, 2.45) is 0 Å². The fraction of sp³-hybridized carbons (Fsp3) is 0.250. The van der Waals surface area contributed by atoms with Crippen molar-refractivity contribution in [1.29, 1.82) is 5.26 Å². The van der Waals surface area contributed by atoms with Gasteiger partial charge in [-0.15, -0.1) is 17.8 Å². The molecular weight excluding hydrogens is 374 g/mol. The van der Waals surface area contributed by atoms with Gasteiger partial charge in [-0.05, 0) is 38.1 Å². The summed E-state index contributed by atoms with van der Waals surface area (Å²) in [7, 11) is 0. The number of nitriles is 1. The molecule has 7 nitrogen and oxygen atoms in total. The molecule has 1 atom stereocenters. The highest BCUT2D eigenvalue weighted by atomic mass is 32.1. The van der Waals surface area contributed by atoms with Gasteiger partial charge in [0, 0.05) is 24.0 Å². The zero-order valence-corrected chi connectivity index (χ0v) is 16.5. The third-order valence-corrected chi connectivity index (χ3v) is 4.96. The molecule has 4 N–H and O–H groups in total. The third-order valence-electron chi connectivity index (χ3n) is 3.81. The van der Waals surface area contributed by atoms with Crippen LogP contribution < -0.4 is 31.1 Å². The number of thiazole rings is 1. The number of hydrogen-bond acceptors (Lipinski definition) is 6. The summed E-state index contributed by atoms with van der Waals surface area (Å²) in [5.41, 5.74) is 6.86. The van der Waals surface area contributed by atoms with Crippen LogP contribution in [0.1, 0.15) is 13.8 Å². The molecule has 0 fully saturated rings. The maximum atomic E-state index is 12.7.